The van der Waals surface area contributed by atoms with Gasteiger partial charge in [0, 0.05) is 24.7 Å². The summed E-state index contributed by atoms with van der Waals surface area (Å²) in [5, 5.41) is 19.6. The van der Waals surface area contributed by atoms with E-state index in [0.717, 1.165) is 4.90 Å². The van der Waals surface area contributed by atoms with Crippen LogP contribution in [0.3, 0.4) is 0 Å². The first-order valence-electron chi connectivity index (χ1n) is 11.4. The number of alkyl halides is 5. The Morgan fingerprint density at radius 3 is 2.58 bits per heavy atom. The van der Waals surface area contributed by atoms with Gasteiger partial charge in [-0.1, -0.05) is 40.5 Å². The number of halogens is 7. The minimum atomic E-state index is -5.19. The van der Waals surface area contributed by atoms with E-state index in [1.54, 1.807) is 6.92 Å². The predicted octanol–water partition coefficient (Wildman–Crippen LogP) is 4.40. The second kappa shape index (κ2) is 11.5. The Kier molecular flexibility index (Phi) is 9.56. The fourth-order valence-corrected chi connectivity index (χ4v) is 6.16. The molecule has 8 atom stereocenters. The van der Waals surface area contributed by atoms with Crippen LogP contribution in [0.5, 0.6) is 0 Å². The van der Waals surface area contributed by atoms with Crippen LogP contribution in [0.2, 0.25) is 0 Å². The number of amides is 1. The smallest absolute Gasteiger partial charge is 0.380 e. The number of rotatable bonds is 8. The minimum Gasteiger partial charge on any atom is -0.380 e. The molecule has 1 aliphatic heterocycles. The molecule has 14 heteroatoms. The second-order valence-corrected chi connectivity index (χ2v) is 11.6. The first-order valence-corrected chi connectivity index (χ1v) is 13.1. The minimum absolute atomic E-state index is 0.0362. The quantitative estimate of drug-likeness (QED) is 0.122. The molecule has 0 bridgehead atoms. The SMILES string of the molecule is C[C@@H]1C=C(C(=O)CC(O)([C@H]2CC(Cl)=C(F)[C@@H](Cl)C2)C(F)(F)F)CCC1[C@H](O)N(C=O)C1C[C@@H](Br)NO1. The molecule has 204 valence electrons. The maximum Gasteiger partial charge on any atom is 0.417 e. The summed E-state index contributed by atoms with van der Waals surface area (Å²) in [6.07, 6.45) is -7.04. The predicted molar refractivity (Wildman–Crippen MR) is 126 cm³/mol. The van der Waals surface area contributed by atoms with Crippen LogP contribution in [0, 0.1) is 17.8 Å². The van der Waals surface area contributed by atoms with Gasteiger partial charge >= 0.3 is 6.18 Å². The summed E-state index contributed by atoms with van der Waals surface area (Å²) in [5.74, 6) is -4.44. The first-order chi connectivity index (χ1) is 16.7. The van der Waals surface area contributed by atoms with Crippen LogP contribution < -0.4 is 5.48 Å². The summed E-state index contributed by atoms with van der Waals surface area (Å²) in [7, 11) is 0. The Morgan fingerprint density at radius 1 is 1.42 bits per heavy atom. The number of aliphatic hydroxyl groups excluding tert-OH is 1. The summed E-state index contributed by atoms with van der Waals surface area (Å²) in [4.78, 5) is 30.7. The Balaban J connectivity index is 1.74. The third kappa shape index (κ3) is 6.10. The largest absolute Gasteiger partial charge is 0.417 e. The molecule has 0 spiro atoms. The van der Waals surface area contributed by atoms with E-state index in [1.807, 2.05) is 0 Å². The molecule has 3 aliphatic rings. The number of aliphatic hydroxyl groups is 2. The van der Waals surface area contributed by atoms with Crippen molar-refractivity contribution in [3.8, 4) is 0 Å². The molecule has 2 aliphatic carbocycles. The highest BCUT2D eigenvalue weighted by molar-refractivity contribution is 9.09. The van der Waals surface area contributed by atoms with E-state index in [-0.39, 0.29) is 23.4 Å². The van der Waals surface area contributed by atoms with Crippen molar-refractivity contribution in [2.45, 2.75) is 80.0 Å². The molecule has 1 fully saturated rings. The van der Waals surface area contributed by atoms with Gasteiger partial charge in [-0.3, -0.25) is 19.3 Å². The van der Waals surface area contributed by atoms with Gasteiger partial charge in [0.2, 0.25) is 6.41 Å². The number of hydrogen-bond donors (Lipinski definition) is 3. The average molecular weight is 626 g/mol. The normalized spacial score (nSPS) is 34.1. The van der Waals surface area contributed by atoms with E-state index in [0.29, 0.717) is 12.8 Å². The molecule has 3 unspecified atom stereocenters. The average Bonchev–Trinajstić information content (AvgIpc) is 3.22. The second-order valence-electron chi connectivity index (χ2n) is 9.49. The molecule has 0 aromatic heterocycles. The first kappa shape index (κ1) is 29.8. The van der Waals surface area contributed by atoms with E-state index in [4.69, 9.17) is 28.0 Å². The van der Waals surface area contributed by atoms with Crippen molar-refractivity contribution in [1.29, 1.82) is 0 Å². The summed E-state index contributed by atoms with van der Waals surface area (Å²) >= 11 is 14.8. The van der Waals surface area contributed by atoms with Crippen molar-refractivity contribution in [1.82, 2.24) is 10.4 Å². The lowest BCUT2D eigenvalue weighted by atomic mass is 9.73. The highest BCUT2D eigenvalue weighted by Gasteiger charge is 2.60. The number of nitrogens with zero attached hydrogens (tertiary/aromatic N) is 1. The van der Waals surface area contributed by atoms with Gasteiger partial charge in [-0.15, -0.1) is 11.6 Å². The molecule has 3 N–H and O–H groups in total. The number of hydroxylamine groups is 1. The molecule has 1 amide bonds. The van der Waals surface area contributed by atoms with Gasteiger partial charge < -0.3 is 10.2 Å². The van der Waals surface area contributed by atoms with E-state index in [2.05, 4.69) is 21.4 Å². The maximum atomic E-state index is 14.0. The highest BCUT2D eigenvalue weighted by atomic mass is 79.9. The molecular weight excluding hydrogens is 599 g/mol. The van der Waals surface area contributed by atoms with Crippen molar-refractivity contribution in [2.75, 3.05) is 0 Å². The lowest BCUT2D eigenvalue weighted by Gasteiger charge is -2.40. The van der Waals surface area contributed by atoms with Crippen molar-refractivity contribution in [2.24, 2.45) is 17.8 Å². The number of ketones is 1. The van der Waals surface area contributed by atoms with Gasteiger partial charge in [0.15, 0.2) is 17.6 Å². The molecule has 1 heterocycles. The molecule has 36 heavy (non-hydrogen) atoms. The maximum absolute atomic E-state index is 14.0. The summed E-state index contributed by atoms with van der Waals surface area (Å²) < 4.78 is 55.9. The number of nitrogens with one attached hydrogen (secondary N) is 1. The van der Waals surface area contributed by atoms with Crippen molar-refractivity contribution < 1.29 is 42.2 Å². The Bertz CT molecular complexity index is 923. The number of hydrogen-bond acceptors (Lipinski definition) is 6. The van der Waals surface area contributed by atoms with Gasteiger partial charge in [-0.25, -0.2) is 4.39 Å². The standard InChI is InChI=1S/C22H27BrCl2F4N2O5/c1-10-4-11(2-3-13(10)20(34)31(9-32)18-7-17(23)30-36-18)16(33)8-21(35,22(27,28)29)12-5-14(24)19(26)15(25)6-12/h4,9-10,12-14,17-18,20,30,34-35H,2-3,5-8H2,1H3/t10-,12-,13?,14+,17+,18?,20+,21?/m1/s1. The number of Topliss-reactive ketones (excluding diaryl/α,β-unsaturated/α-hetero) is 1. The van der Waals surface area contributed by atoms with E-state index >= 15 is 0 Å². The fourth-order valence-electron chi connectivity index (χ4n) is 5.01. The van der Waals surface area contributed by atoms with Gasteiger partial charge in [0.1, 0.15) is 12.1 Å². The number of carbonyl (C=O) groups is 2. The van der Waals surface area contributed by atoms with E-state index in [1.165, 1.54) is 6.08 Å². The third-order valence-electron chi connectivity index (χ3n) is 7.18. The molecule has 3 rings (SSSR count). The molecule has 1 saturated heterocycles. The van der Waals surface area contributed by atoms with Gasteiger partial charge in [0.25, 0.3) is 0 Å². The molecular formula is C22H27BrCl2F4N2O5. The van der Waals surface area contributed by atoms with Crippen LogP contribution in [0.25, 0.3) is 0 Å². The highest BCUT2D eigenvalue weighted by Crippen LogP contribution is 2.49. The molecule has 0 saturated carbocycles. The zero-order valence-corrected chi connectivity index (χ0v) is 22.2. The monoisotopic (exact) mass is 624 g/mol. The lowest BCUT2D eigenvalue weighted by molar-refractivity contribution is -0.280. The zero-order chi connectivity index (χ0) is 27.0. The Hall–Kier alpha value is -0.760. The third-order valence-corrected chi connectivity index (χ3v) is 8.44. The Labute approximate surface area is 223 Å². The molecule has 0 aromatic carbocycles. The number of carbonyl (C=O) groups excluding carboxylic acids is 2. The zero-order valence-electron chi connectivity index (χ0n) is 19.2. The molecule has 7 nitrogen and oxygen atoms in total. The van der Waals surface area contributed by atoms with Crippen molar-refractivity contribution in [3.63, 3.8) is 0 Å². The van der Waals surface area contributed by atoms with Crippen LogP contribution in [0.15, 0.2) is 22.5 Å². The topological polar surface area (TPSA) is 99.1 Å². The summed E-state index contributed by atoms with van der Waals surface area (Å²) in [6.45, 7) is 1.67. The lowest BCUT2D eigenvalue weighted by Crippen LogP contribution is -2.54. The van der Waals surface area contributed by atoms with Gasteiger partial charge in [-0.2, -0.15) is 18.7 Å². The molecule has 0 radical (unpaired) electrons. The van der Waals surface area contributed by atoms with Gasteiger partial charge in [0.05, 0.1) is 15.4 Å². The Morgan fingerprint density at radius 2 is 2.08 bits per heavy atom. The van der Waals surface area contributed by atoms with Crippen LogP contribution in [-0.2, 0) is 14.4 Å². The van der Waals surface area contributed by atoms with Crippen LogP contribution >= 0.6 is 39.1 Å². The fraction of sp³-hybridized carbons (Fsp3) is 0.727. The van der Waals surface area contributed by atoms with Crippen LogP contribution in [0.4, 0.5) is 17.6 Å². The summed E-state index contributed by atoms with van der Waals surface area (Å²) in [5.41, 5.74) is -0.736. The molecule has 0 aromatic rings. The summed E-state index contributed by atoms with van der Waals surface area (Å²) in [6, 6.07) is 0. The van der Waals surface area contributed by atoms with Gasteiger partial charge in [-0.05, 0) is 37.2 Å². The van der Waals surface area contributed by atoms with Crippen molar-refractivity contribution >= 4 is 51.3 Å². The van der Waals surface area contributed by atoms with Crippen LogP contribution in [-0.4, -0.2) is 61.9 Å². The van der Waals surface area contributed by atoms with Crippen LogP contribution in [0.1, 0.15) is 45.4 Å². The number of allylic oxidation sites excluding steroid dienone is 4. The van der Waals surface area contributed by atoms with E-state index in [9.17, 15) is 37.4 Å². The van der Waals surface area contributed by atoms with Crippen molar-refractivity contribution in [3.05, 3.63) is 22.5 Å². The van der Waals surface area contributed by atoms with E-state index < -0.39 is 83.3 Å².